The van der Waals surface area contributed by atoms with E-state index in [1.807, 2.05) is 51.1 Å². The van der Waals surface area contributed by atoms with Gasteiger partial charge in [0.05, 0.1) is 0 Å². The summed E-state index contributed by atoms with van der Waals surface area (Å²) in [6.45, 7) is 5.86. The van der Waals surface area contributed by atoms with Crippen LogP contribution in [0.4, 0.5) is 8.78 Å². The molecule has 0 bridgehead atoms. The summed E-state index contributed by atoms with van der Waals surface area (Å²) in [5, 5.41) is 10.5. The van der Waals surface area contributed by atoms with E-state index in [4.69, 9.17) is 10.9 Å². The molecular weight excluding hydrogens is 308 g/mol. The second kappa shape index (κ2) is 9.45. The molecule has 0 aliphatic heterocycles. The molecule has 0 atom stereocenters. The van der Waals surface area contributed by atoms with Gasteiger partial charge >= 0.3 is 0 Å². The Balaban J connectivity index is 0.000000254. The van der Waals surface area contributed by atoms with Gasteiger partial charge in [0.1, 0.15) is 0 Å². The molecule has 2 N–H and O–H groups in total. The van der Waals surface area contributed by atoms with Crippen LogP contribution < -0.4 is 0 Å². The van der Waals surface area contributed by atoms with Gasteiger partial charge in [-0.2, -0.15) is 0 Å². The van der Waals surface area contributed by atoms with Gasteiger partial charge in [-0.05, 0) is 55.2 Å². The minimum absolute atomic E-state index is 0.00393. The van der Waals surface area contributed by atoms with Crippen molar-refractivity contribution in [3.8, 4) is 0 Å². The van der Waals surface area contributed by atoms with Crippen LogP contribution in [0.25, 0.3) is 6.08 Å². The summed E-state index contributed by atoms with van der Waals surface area (Å²) < 4.78 is 24.7. The highest BCUT2D eigenvalue weighted by Gasteiger charge is 2.01. The van der Waals surface area contributed by atoms with Gasteiger partial charge in [-0.3, -0.25) is 5.41 Å². The molecule has 126 valence electrons. The van der Waals surface area contributed by atoms with Crippen LogP contribution in [0.1, 0.15) is 36.1 Å². The number of aryl methyl sites for hydroxylation is 2. The fourth-order valence-electron chi connectivity index (χ4n) is 1.97. The molecule has 24 heavy (non-hydrogen) atoms. The number of halogens is 2. The van der Waals surface area contributed by atoms with E-state index in [-0.39, 0.29) is 5.84 Å². The molecule has 2 aromatic carbocycles. The summed E-state index contributed by atoms with van der Waals surface area (Å²) in [5.41, 5.74) is 10.5. The van der Waals surface area contributed by atoms with Crippen LogP contribution in [-0.2, 0) is 6.42 Å². The van der Waals surface area contributed by atoms with Crippen molar-refractivity contribution >= 4 is 11.9 Å². The van der Waals surface area contributed by atoms with Crippen molar-refractivity contribution in [1.82, 2.24) is 0 Å². The first-order valence-electron chi connectivity index (χ1n) is 7.56. The van der Waals surface area contributed by atoms with E-state index in [2.05, 4.69) is 5.11 Å². The average molecular weight is 329 g/mol. The summed E-state index contributed by atoms with van der Waals surface area (Å²) in [6.07, 6.45) is 4.67. The van der Waals surface area contributed by atoms with Crippen molar-refractivity contribution in [2.45, 2.75) is 27.2 Å². The molecule has 0 amide bonds. The van der Waals surface area contributed by atoms with Crippen molar-refractivity contribution in [1.29, 1.82) is 10.9 Å². The Hall–Kier alpha value is -2.69. The second-order valence-corrected chi connectivity index (χ2v) is 5.13. The molecule has 0 saturated heterocycles. The number of nitrogens with one attached hydrogen (secondary N) is 2. The maximum Gasteiger partial charge on any atom is 0.173 e. The Morgan fingerprint density at radius 3 is 2.38 bits per heavy atom. The predicted octanol–water partition coefficient (Wildman–Crippen LogP) is 5.91. The zero-order chi connectivity index (χ0) is 18.1. The van der Waals surface area contributed by atoms with E-state index < -0.39 is 11.6 Å². The van der Waals surface area contributed by atoms with Gasteiger partial charge in [0.15, 0.2) is 17.5 Å². The largest absolute Gasteiger partial charge is 0.281 e. The Bertz CT molecular complexity index is 752. The summed E-state index contributed by atoms with van der Waals surface area (Å²) in [6, 6.07) is 9.56. The minimum Gasteiger partial charge on any atom is -0.281 e. The molecule has 0 aromatic heterocycles. The molecule has 2 aromatic rings. The zero-order valence-corrected chi connectivity index (χ0v) is 14.0. The minimum atomic E-state index is -0.780. The summed E-state index contributed by atoms with van der Waals surface area (Å²) in [5.74, 6) is -1.55. The highest BCUT2D eigenvalue weighted by atomic mass is 19.2. The van der Waals surface area contributed by atoms with Gasteiger partial charge in [0.25, 0.3) is 0 Å². The fourth-order valence-corrected chi connectivity index (χ4v) is 1.97. The number of allylic oxidation sites excluding steroid dienone is 1. The van der Waals surface area contributed by atoms with Gasteiger partial charge < -0.3 is 0 Å². The first-order chi connectivity index (χ1) is 11.4. The van der Waals surface area contributed by atoms with E-state index in [1.54, 1.807) is 6.07 Å². The smallest absolute Gasteiger partial charge is 0.173 e. The van der Waals surface area contributed by atoms with Crippen LogP contribution in [0.2, 0.25) is 0 Å². The third-order valence-corrected chi connectivity index (χ3v) is 3.40. The van der Waals surface area contributed by atoms with Crippen molar-refractivity contribution in [2.24, 2.45) is 5.11 Å². The lowest BCUT2D eigenvalue weighted by atomic mass is 10.0. The third kappa shape index (κ3) is 5.50. The number of rotatable bonds is 3. The summed E-state index contributed by atoms with van der Waals surface area (Å²) >= 11 is 0. The number of hydrogen-bond donors (Lipinski definition) is 2. The molecule has 0 fully saturated rings. The van der Waals surface area contributed by atoms with E-state index >= 15 is 0 Å². The standard InChI is InChI=1S/C11H13N3.C8H8F2/c1-3-4-9-7-10(11(12)14-13)6-5-8(9)2;1-2-6-3-4-7(9)8(10)5-6/h3-7,12-13H,1-2H3;3-5H,2H2,1H3/b4-3-,12-11?,14-13?;. The normalized spacial score (nSPS) is 10.2. The second-order valence-electron chi connectivity index (χ2n) is 5.13. The average Bonchev–Trinajstić information content (AvgIpc) is 2.59. The molecule has 0 heterocycles. The van der Waals surface area contributed by atoms with Crippen LogP contribution in [0.5, 0.6) is 0 Å². The van der Waals surface area contributed by atoms with Gasteiger partial charge in [-0.1, -0.05) is 37.3 Å². The van der Waals surface area contributed by atoms with Gasteiger partial charge in [-0.25, -0.2) is 14.3 Å². The van der Waals surface area contributed by atoms with Crippen LogP contribution >= 0.6 is 0 Å². The monoisotopic (exact) mass is 329 g/mol. The predicted molar refractivity (Wildman–Crippen MR) is 93.6 cm³/mol. The molecule has 0 aliphatic carbocycles. The number of benzene rings is 2. The Kier molecular flexibility index (Phi) is 7.62. The molecule has 5 heteroatoms. The van der Waals surface area contributed by atoms with Crippen LogP contribution in [0, 0.1) is 29.5 Å². The van der Waals surface area contributed by atoms with E-state index in [9.17, 15) is 8.78 Å². The summed E-state index contributed by atoms with van der Waals surface area (Å²) in [7, 11) is 0. The van der Waals surface area contributed by atoms with E-state index in [0.29, 0.717) is 5.56 Å². The molecule has 0 unspecified atom stereocenters. The van der Waals surface area contributed by atoms with Crippen molar-refractivity contribution < 1.29 is 8.78 Å². The van der Waals surface area contributed by atoms with E-state index in [0.717, 1.165) is 29.2 Å². The summed E-state index contributed by atoms with van der Waals surface area (Å²) in [4.78, 5) is 0. The molecule has 0 saturated carbocycles. The topological polar surface area (TPSA) is 60.1 Å². The number of amidine groups is 1. The third-order valence-electron chi connectivity index (χ3n) is 3.40. The van der Waals surface area contributed by atoms with Crippen LogP contribution in [0.15, 0.2) is 47.6 Å². The Labute approximate surface area is 141 Å². The first kappa shape index (κ1) is 19.4. The van der Waals surface area contributed by atoms with Gasteiger partial charge in [0.2, 0.25) is 0 Å². The SMILES string of the molecule is C/C=C\c1cc(C(=N)N=N)ccc1C.CCc1ccc(F)c(F)c1. The molecule has 0 spiro atoms. The van der Waals surface area contributed by atoms with Gasteiger partial charge in [-0.15, -0.1) is 5.11 Å². The highest BCUT2D eigenvalue weighted by molar-refractivity contribution is 5.97. The molecule has 2 rings (SSSR count). The van der Waals surface area contributed by atoms with Gasteiger partial charge in [0, 0.05) is 5.56 Å². The highest BCUT2D eigenvalue weighted by Crippen LogP contribution is 2.13. The van der Waals surface area contributed by atoms with Crippen molar-refractivity contribution in [3.63, 3.8) is 0 Å². The molecule has 3 nitrogen and oxygen atoms in total. The fraction of sp³-hybridized carbons (Fsp3) is 0.211. The lowest BCUT2D eigenvalue weighted by Gasteiger charge is -2.03. The Morgan fingerprint density at radius 1 is 1.12 bits per heavy atom. The maximum absolute atomic E-state index is 12.4. The number of hydrogen-bond acceptors (Lipinski definition) is 2. The molecule has 0 radical (unpaired) electrons. The zero-order valence-electron chi connectivity index (χ0n) is 14.0. The van der Waals surface area contributed by atoms with Crippen molar-refractivity contribution in [3.05, 3.63) is 76.4 Å². The molecule has 0 aliphatic rings. The number of nitrogens with zero attached hydrogens (tertiary/aromatic N) is 1. The lowest BCUT2D eigenvalue weighted by molar-refractivity contribution is 0.507. The van der Waals surface area contributed by atoms with Crippen LogP contribution in [-0.4, -0.2) is 5.84 Å². The maximum atomic E-state index is 12.4. The van der Waals surface area contributed by atoms with Crippen LogP contribution in [0.3, 0.4) is 0 Å². The molecular formula is C19H21F2N3. The first-order valence-corrected chi connectivity index (χ1v) is 7.56. The Morgan fingerprint density at radius 2 is 1.83 bits per heavy atom. The lowest BCUT2D eigenvalue weighted by Crippen LogP contribution is -1.94. The van der Waals surface area contributed by atoms with Crippen molar-refractivity contribution in [2.75, 3.05) is 0 Å². The quantitative estimate of drug-likeness (QED) is 0.399. The van der Waals surface area contributed by atoms with E-state index in [1.165, 1.54) is 6.07 Å².